The largest absolute Gasteiger partial charge is 0.409 e. The fourth-order valence-electron chi connectivity index (χ4n) is 2.90. The van der Waals surface area contributed by atoms with Gasteiger partial charge < -0.3 is 15.8 Å². The molecule has 0 aromatic heterocycles. The maximum absolute atomic E-state index is 8.58. The average Bonchev–Trinajstić information content (AvgIpc) is 2.51. The van der Waals surface area contributed by atoms with Crippen molar-refractivity contribution < 1.29 is 5.21 Å². The molecule has 0 aromatic rings. The predicted molar refractivity (Wildman–Crippen MR) is 88.9 cm³/mol. The van der Waals surface area contributed by atoms with Gasteiger partial charge in [0.05, 0.1) is 6.54 Å². The molecule has 5 heteroatoms. The van der Waals surface area contributed by atoms with Gasteiger partial charge in [0.1, 0.15) is 0 Å². The Balaban J connectivity index is 1.93. The highest BCUT2D eigenvalue weighted by Gasteiger charge is 2.16. The number of hydrogen-bond acceptors (Lipinski definition) is 4. The number of nitrogens with zero attached hydrogens (tertiary/aromatic N) is 3. The third-order valence-corrected chi connectivity index (χ3v) is 4.31. The summed E-state index contributed by atoms with van der Waals surface area (Å²) in [4.78, 5) is 4.79. The summed E-state index contributed by atoms with van der Waals surface area (Å²) in [5, 5.41) is 11.6. The molecule has 1 rings (SSSR count). The van der Waals surface area contributed by atoms with E-state index in [-0.39, 0.29) is 0 Å². The molecule has 0 radical (unpaired) electrons. The SMILES string of the molecule is CCCCCCCCCCN1CCN(CC(N)=NO)CC1. The quantitative estimate of drug-likeness (QED) is 0.202. The van der Waals surface area contributed by atoms with Gasteiger partial charge in [-0.2, -0.15) is 0 Å². The van der Waals surface area contributed by atoms with Gasteiger partial charge in [0.25, 0.3) is 0 Å². The van der Waals surface area contributed by atoms with Gasteiger partial charge in [-0.15, -0.1) is 0 Å². The van der Waals surface area contributed by atoms with E-state index >= 15 is 0 Å². The Kier molecular flexibility index (Phi) is 10.3. The average molecular weight is 298 g/mol. The first kappa shape index (κ1) is 18.2. The van der Waals surface area contributed by atoms with E-state index in [0.717, 1.165) is 26.2 Å². The lowest BCUT2D eigenvalue weighted by Gasteiger charge is -2.34. The Hall–Kier alpha value is -0.810. The van der Waals surface area contributed by atoms with Crippen molar-refractivity contribution in [2.45, 2.75) is 58.3 Å². The second-order valence-corrected chi connectivity index (χ2v) is 6.18. The molecule has 1 heterocycles. The molecular formula is C16H34N4O. The van der Waals surface area contributed by atoms with Crippen LogP contribution in [0.1, 0.15) is 58.3 Å². The molecule has 0 spiro atoms. The minimum Gasteiger partial charge on any atom is -0.409 e. The van der Waals surface area contributed by atoms with Crippen LogP contribution < -0.4 is 5.73 Å². The lowest BCUT2D eigenvalue weighted by atomic mass is 10.1. The third-order valence-electron chi connectivity index (χ3n) is 4.31. The van der Waals surface area contributed by atoms with Crippen LogP contribution in [0.5, 0.6) is 0 Å². The summed E-state index contributed by atoms with van der Waals surface area (Å²) in [5.41, 5.74) is 5.54. The molecule has 1 fully saturated rings. The topological polar surface area (TPSA) is 65.1 Å². The molecule has 21 heavy (non-hydrogen) atoms. The molecular weight excluding hydrogens is 264 g/mol. The Morgan fingerprint density at radius 2 is 1.43 bits per heavy atom. The zero-order valence-corrected chi connectivity index (χ0v) is 13.8. The summed E-state index contributed by atoms with van der Waals surface area (Å²) in [6, 6.07) is 0. The maximum atomic E-state index is 8.58. The van der Waals surface area contributed by atoms with E-state index in [1.807, 2.05) is 0 Å². The lowest BCUT2D eigenvalue weighted by Crippen LogP contribution is -2.48. The van der Waals surface area contributed by atoms with E-state index < -0.39 is 0 Å². The summed E-state index contributed by atoms with van der Waals surface area (Å²) in [6.45, 7) is 8.34. The molecule has 1 aliphatic rings. The van der Waals surface area contributed by atoms with Crippen molar-refractivity contribution in [2.24, 2.45) is 10.9 Å². The van der Waals surface area contributed by atoms with E-state index in [2.05, 4.69) is 21.9 Å². The highest BCUT2D eigenvalue weighted by Crippen LogP contribution is 2.09. The van der Waals surface area contributed by atoms with Gasteiger partial charge in [-0.3, -0.25) is 4.90 Å². The molecule has 124 valence electrons. The van der Waals surface area contributed by atoms with Crippen molar-refractivity contribution in [3.63, 3.8) is 0 Å². The second-order valence-electron chi connectivity index (χ2n) is 6.18. The van der Waals surface area contributed by atoms with Crippen LogP contribution in [-0.2, 0) is 0 Å². The molecule has 0 amide bonds. The number of unbranched alkanes of at least 4 members (excludes halogenated alkanes) is 7. The van der Waals surface area contributed by atoms with E-state index in [1.165, 1.54) is 57.9 Å². The predicted octanol–water partition coefficient (Wildman–Crippen LogP) is 2.49. The number of hydrogen-bond donors (Lipinski definition) is 2. The fraction of sp³-hybridized carbons (Fsp3) is 0.938. The van der Waals surface area contributed by atoms with Crippen LogP contribution in [0.4, 0.5) is 0 Å². The number of oxime groups is 1. The summed E-state index contributed by atoms with van der Waals surface area (Å²) in [7, 11) is 0. The minimum absolute atomic E-state index is 0.312. The van der Waals surface area contributed by atoms with Crippen molar-refractivity contribution in [2.75, 3.05) is 39.3 Å². The van der Waals surface area contributed by atoms with Gasteiger partial charge in [0.2, 0.25) is 0 Å². The summed E-state index contributed by atoms with van der Waals surface area (Å²) < 4.78 is 0. The van der Waals surface area contributed by atoms with Gasteiger partial charge in [-0.05, 0) is 13.0 Å². The normalized spacial score (nSPS) is 18.2. The fourth-order valence-corrected chi connectivity index (χ4v) is 2.90. The van der Waals surface area contributed by atoms with Crippen LogP contribution in [0.2, 0.25) is 0 Å². The van der Waals surface area contributed by atoms with Crippen LogP contribution in [-0.4, -0.2) is 60.1 Å². The lowest BCUT2D eigenvalue weighted by molar-refractivity contribution is 0.142. The highest BCUT2D eigenvalue weighted by molar-refractivity contribution is 5.81. The number of nitrogens with two attached hydrogens (primary N) is 1. The zero-order chi connectivity index (χ0) is 15.3. The van der Waals surface area contributed by atoms with Gasteiger partial charge in [-0.25, -0.2) is 0 Å². The summed E-state index contributed by atoms with van der Waals surface area (Å²) >= 11 is 0. The first-order chi connectivity index (χ1) is 10.3. The number of piperazine rings is 1. The van der Waals surface area contributed by atoms with E-state index in [9.17, 15) is 0 Å². The Morgan fingerprint density at radius 1 is 0.905 bits per heavy atom. The van der Waals surface area contributed by atoms with Crippen molar-refractivity contribution >= 4 is 5.84 Å². The summed E-state index contributed by atoms with van der Waals surface area (Å²) in [5.74, 6) is 0.312. The van der Waals surface area contributed by atoms with Crippen LogP contribution in [0.25, 0.3) is 0 Å². The molecule has 5 nitrogen and oxygen atoms in total. The third kappa shape index (κ3) is 8.94. The van der Waals surface area contributed by atoms with Gasteiger partial charge >= 0.3 is 0 Å². The number of amidine groups is 1. The second kappa shape index (κ2) is 11.8. The van der Waals surface area contributed by atoms with Crippen molar-refractivity contribution in [3.05, 3.63) is 0 Å². The summed E-state index contributed by atoms with van der Waals surface area (Å²) in [6.07, 6.45) is 11.1. The van der Waals surface area contributed by atoms with E-state index in [4.69, 9.17) is 10.9 Å². The smallest absolute Gasteiger partial charge is 0.153 e. The van der Waals surface area contributed by atoms with Gasteiger partial charge in [0, 0.05) is 26.2 Å². The molecule has 1 aliphatic heterocycles. The number of rotatable bonds is 11. The first-order valence-corrected chi connectivity index (χ1v) is 8.67. The molecule has 0 atom stereocenters. The van der Waals surface area contributed by atoms with Crippen LogP contribution in [0.15, 0.2) is 5.16 Å². The molecule has 0 bridgehead atoms. The molecule has 3 N–H and O–H groups in total. The van der Waals surface area contributed by atoms with E-state index in [1.54, 1.807) is 0 Å². The zero-order valence-electron chi connectivity index (χ0n) is 13.8. The van der Waals surface area contributed by atoms with E-state index in [0.29, 0.717) is 12.4 Å². The Morgan fingerprint density at radius 3 is 2.00 bits per heavy atom. The highest BCUT2D eigenvalue weighted by atomic mass is 16.4. The Labute approximate surface area is 130 Å². The van der Waals surface area contributed by atoms with Crippen molar-refractivity contribution in [3.8, 4) is 0 Å². The van der Waals surface area contributed by atoms with Crippen molar-refractivity contribution in [1.82, 2.24) is 9.80 Å². The van der Waals surface area contributed by atoms with Gasteiger partial charge in [0.15, 0.2) is 5.84 Å². The van der Waals surface area contributed by atoms with Crippen LogP contribution >= 0.6 is 0 Å². The minimum atomic E-state index is 0.312. The maximum Gasteiger partial charge on any atom is 0.153 e. The molecule has 0 aliphatic carbocycles. The molecule has 1 saturated heterocycles. The van der Waals surface area contributed by atoms with Crippen LogP contribution in [0.3, 0.4) is 0 Å². The standard InChI is InChI=1S/C16H34N4O/c1-2-3-4-5-6-7-8-9-10-19-11-13-20(14-12-19)15-16(17)18-21/h21H,2-15H2,1H3,(H2,17,18). The van der Waals surface area contributed by atoms with Crippen molar-refractivity contribution in [1.29, 1.82) is 0 Å². The van der Waals surface area contributed by atoms with Crippen LogP contribution in [0, 0.1) is 0 Å². The van der Waals surface area contributed by atoms with Gasteiger partial charge in [-0.1, -0.05) is 57.0 Å². The first-order valence-electron chi connectivity index (χ1n) is 8.67. The molecule has 0 aromatic carbocycles. The Bertz CT molecular complexity index is 275. The monoisotopic (exact) mass is 298 g/mol. The molecule has 0 saturated carbocycles. The molecule has 0 unspecified atom stereocenters.